The van der Waals surface area contributed by atoms with E-state index < -0.39 is 5.41 Å². The molecule has 0 spiro atoms. The first-order valence-corrected chi connectivity index (χ1v) is 8.67. The van der Waals surface area contributed by atoms with Gasteiger partial charge in [-0.2, -0.15) is 0 Å². The number of nitrogens with one attached hydrogen (secondary N) is 1. The van der Waals surface area contributed by atoms with Gasteiger partial charge in [-0.3, -0.25) is 9.59 Å². The highest BCUT2D eigenvalue weighted by atomic mass is 35.5. The zero-order valence-electron chi connectivity index (χ0n) is 15.0. The molecule has 0 aliphatic carbocycles. The van der Waals surface area contributed by atoms with Crippen LogP contribution in [0.25, 0.3) is 0 Å². The monoisotopic (exact) mass is 383 g/mol. The lowest BCUT2D eigenvalue weighted by molar-refractivity contribution is -0.130. The summed E-state index contributed by atoms with van der Waals surface area (Å²) in [6, 6.07) is 5.35. The van der Waals surface area contributed by atoms with Gasteiger partial charge in [0.1, 0.15) is 5.75 Å². The number of hydrogen-bond donors (Lipinski definition) is 2. The van der Waals surface area contributed by atoms with E-state index in [1.807, 2.05) is 0 Å². The van der Waals surface area contributed by atoms with Gasteiger partial charge in [-0.25, -0.2) is 0 Å². The molecule has 2 amide bonds. The van der Waals surface area contributed by atoms with E-state index in [1.165, 1.54) is 0 Å². The van der Waals surface area contributed by atoms with Crippen molar-refractivity contribution < 1.29 is 19.1 Å². The number of hydrogen-bond acceptors (Lipinski definition) is 5. The molecule has 26 heavy (non-hydrogen) atoms. The van der Waals surface area contributed by atoms with Crippen LogP contribution in [-0.4, -0.2) is 45.2 Å². The second-order valence-corrected chi connectivity index (χ2v) is 6.59. The standard InChI is InChI=1S/C18H25N3O4.ClH/c1-24-15-5-4-13(11-14(15)21-8-2-3-16(21)22)20-17(23)18(12-19)6-9-25-10-7-18;/h4-5,11H,2-3,6-10,12,19H2,1H3,(H,20,23);1H. The molecular formula is C18H26ClN3O4. The fraction of sp³-hybridized carbons (Fsp3) is 0.556. The molecule has 0 bridgehead atoms. The third-order valence-corrected chi connectivity index (χ3v) is 5.12. The summed E-state index contributed by atoms with van der Waals surface area (Å²) in [5.41, 5.74) is 6.63. The number of rotatable bonds is 5. The molecule has 3 N–H and O–H groups in total. The van der Waals surface area contributed by atoms with Crippen molar-refractivity contribution in [2.45, 2.75) is 25.7 Å². The lowest BCUT2D eigenvalue weighted by Gasteiger charge is -2.34. The van der Waals surface area contributed by atoms with E-state index in [0.717, 1.165) is 6.42 Å². The van der Waals surface area contributed by atoms with Gasteiger partial charge >= 0.3 is 0 Å². The summed E-state index contributed by atoms with van der Waals surface area (Å²) in [5.74, 6) is 0.597. The third-order valence-electron chi connectivity index (χ3n) is 5.12. The summed E-state index contributed by atoms with van der Waals surface area (Å²) < 4.78 is 10.7. The van der Waals surface area contributed by atoms with Crippen LogP contribution in [-0.2, 0) is 14.3 Å². The van der Waals surface area contributed by atoms with Gasteiger partial charge in [-0.05, 0) is 37.5 Å². The van der Waals surface area contributed by atoms with Crippen molar-refractivity contribution in [2.24, 2.45) is 11.1 Å². The summed E-state index contributed by atoms with van der Waals surface area (Å²) in [6.07, 6.45) is 2.59. The van der Waals surface area contributed by atoms with E-state index in [4.69, 9.17) is 15.2 Å². The Bertz CT molecular complexity index is 662. The van der Waals surface area contributed by atoms with E-state index in [-0.39, 0.29) is 30.8 Å². The molecule has 0 unspecified atom stereocenters. The Hall–Kier alpha value is -1.83. The van der Waals surface area contributed by atoms with Crippen molar-refractivity contribution in [1.29, 1.82) is 0 Å². The molecule has 3 rings (SSSR count). The summed E-state index contributed by atoms with van der Waals surface area (Å²) in [7, 11) is 1.57. The van der Waals surface area contributed by atoms with Crippen molar-refractivity contribution >= 4 is 35.6 Å². The average Bonchev–Trinajstić information content (AvgIpc) is 3.08. The van der Waals surface area contributed by atoms with E-state index in [9.17, 15) is 9.59 Å². The Balaban J connectivity index is 0.00000243. The van der Waals surface area contributed by atoms with Crippen LogP contribution >= 0.6 is 12.4 Å². The van der Waals surface area contributed by atoms with Gasteiger partial charge in [-0.15, -0.1) is 12.4 Å². The number of benzene rings is 1. The van der Waals surface area contributed by atoms with E-state index in [2.05, 4.69) is 5.32 Å². The molecule has 8 heteroatoms. The van der Waals surface area contributed by atoms with Gasteiger partial charge in [0.2, 0.25) is 11.8 Å². The summed E-state index contributed by atoms with van der Waals surface area (Å²) in [5, 5.41) is 2.97. The summed E-state index contributed by atoms with van der Waals surface area (Å²) in [4.78, 5) is 26.6. The number of nitrogens with two attached hydrogens (primary N) is 1. The Morgan fingerprint density at radius 3 is 2.69 bits per heavy atom. The number of nitrogens with zero attached hydrogens (tertiary/aromatic N) is 1. The fourth-order valence-corrected chi connectivity index (χ4v) is 3.43. The molecular weight excluding hydrogens is 358 g/mol. The predicted molar refractivity (Wildman–Crippen MR) is 102 cm³/mol. The number of amides is 2. The predicted octanol–water partition coefficient (Wildman–Crippen LogP) is 1.94. The van der Waals surface area contributed by atoms with Crippen molar-refractivity contribution in [3.63, 3.8) is 0 Å². The fourth-order valence-electron chi connectivity index (χ4n) is 3.43. The zero-order valence-corrected chi connectivity index (χ0v) is 15.8. The first-order chi connectivity index (χ1) is 12.1. The van der Waals surface area contributed by atoms with Crippen LogP contribution in [0.1, 0.15) is 25.7 Å². The first kappa shape index (κ1) is 20.5. The highest BCUT2D eigenvalue weighted by Crippen LogP contribution is 2.35. The Morgan fingerprint density at radius 2 is 2.12 bits per heavy atom. The minimum atomic E-state index is -0.595. The average molecular weight is 384 g/mol. The molecule has 1 aromatic rings. The van der Waals surface area contributed by atoms with E-state index in [1.54, 1.807) is 30.2 Å². The number of methoxy groups -OCH3 is 1. The minimum absolute atomic E-state index is 0. The molecule has 0 atom stereocenters. The van der Waals surface area contributed by atoms with Crippen molar-refractivity contribution in [3.8, 4) is 5.75 Å². The lowest BCUT2D eigenvalue weighted by Crippen LogP contribution is -2.46. The zero-order chi connectivity index (χ0) is 17.9. The van der Waals surface area contributed by atoms with E-state index >= 15 is 0 Å². The molecule has 0 radical (unpaired) electrons. The molecule has 7 nitrogen and oxygen atoms in total. The SMILES string of the molecule is COc1ccc(NC(=O)C2(CN)CCOCC2)cc1N1CCCC1=O.Cl. The normalized spacial score (nSPS) is 19.0. The second-order valence-electron chi connectivity index (χ2n) is 6.59. The molecule has 0 aromatic heterocycles. The van der Waals surface area contributed by atoms with Crippen molar-refractivity contribution in [2.75, 3.05) is 43.6 Å². The van der Waals surface area contributed by atoms with Gasteiger partial charge in [0, 0.05) is 38.4 Å². The van der Waals surface area contributed by atoms with Crippen molar-refractivity contribution in [1.82, 2.24) is 0 Å². The third kappa shape index (κ3) is 3.95. The van der Waals surface area contributed by atoms with Crippen LogP contribution in [0.5, 0.6) is 5.75 Å². The number of carbonyl (C=O) groups is 2. The number of halogens is 1. The van der Waals surface area contributed by atoms with Crippen LogP contribution < -0.4 is 20.7 Å². The number of anilines is 2. The molecule has 2 heterocycles. The van der Waals surface area contributed by atoms with Gasteiger partial charge < -0.3 is 25.4 Å². The molecule has 2 aliphatic heterocycles. The highest BCUT2D eigenvalue weighted by molar-refractivity contribution is 5.99. The van der Waals surface area contributed by atoms with Crippen LogP contribution in [0.2, 0.25) is 0 Å². The molecule has 2 saturated heterocycles. The maximum atomic E-state index is 12.8. The molecule has 144 valence electrons. The largest absolute Gasteiger partial charge is 0.495 e. The second kappa shape index (κ2) is 8.70. The summed E-state index contributed by atoms with van der Waals surface area (Å²) >= 11 is 0. The highest BCUT2D eigenvalue weighted by Gasteiger charge is 2.39. The molecule has 1 aromatic carbocycles. The van der Waals surface area contributed by atoms with Gasteiger partial charge in [0.05, 0.1) is 18.2 Å². The molecule has 2 fully saturated rings. The summed E-state index contributed by atoms with van der Waals surface area (Å²) in [6.45, 7) is 2.04. The van der Waals surface area contributed by atoms with E-state index in [0.29, 0.717) is 56.1 Å². The topological polar surface area (TPSA) is 93.9 Å². The molecule has 0 saturated carbocycles. The van der Waals surface area contributed by atoms with Gasteiger partial charge in [0.15, 0.2) is 0 Å². The first-order valence-electron chi connectivity index (χ1n) is 8.67. The van der Waals surface area contributed by atoms with Crippen LogP contribution in [0, 0.1) is 5.41 Å². The Labute approximate surface area is 159 Å². The quantitative estimate of drug-likeness (QED) is 0.810. The molecule has 2 aliphatic rings. The Kier molecular flexibility index (Phi) is 6.86. The lowest BCUT2D eigenvalue weighted by atomic mass is 9.79. The smallest absolute Gasteiger partial charge is 0.232 e. The maximum absolute atomic E-state index is 12.8. The van der Waals surface area contributed by atoms with Crippen LogP contribution in [0.4, 0.5) is 11.4 Å². The van der Waals surface area contributed by atoms with Gasteiger partial charge in [-0.1, -0.05) is 0 Å². The van der Waals surface area contributed by atoms with Gasteiger partial charge in [0.25, 0.3) is 0 Å². The minimum Gasteiger partial charge on any atom is -0.495 e. The Morgan fingerprint density at radius 1 is 1.38 bits per heavy atom. The number of carbonyl (C=O) groups excluding carboxylic acids is 2. The van der Waals surface area contributed by atoms with Crippen LogP contribution in [0.3, 0.4) is 0 Å². The van der Waals surface area contributed by atoms with Crippen molar-refractivity contribution in [3.05, 3.63) is 18.2 Å². The maximum Gasteiger partial charge on any atom is 0.232 e. The van der Waals surface area contributed by atoms with Crippen LogP contribution in [0.15, 0.2) is 18.2 Å². The number of ether oxygens (including phenoxy) is 2.